The molecule has 0 spiro atoms. The number of para-hydroxylation sites is 1. The van der Waals surface area contributed by atoms with Crippen LogP contribution in [0.2, 0.25) is 5.02 Å². The number of nitrogens with one attached hydrogen (secondary N) is 2. The lowest BCUT2D eigenvalue weighted by molar-refractivity contribution is -0.117. The van der Waals surface area contributed by atoms with Gasteiger partial charge in [0.25, 0.3) is 0 Å². The molecule has 0 unspecified atom stereocenters. The predicted molar refractivity (Wildman–Crippen MR) is 103 cm³/mol. The Bertz CT molecular complexity index is 782. The Kier molecular flexibility index (Phi) is 5.50. The van der Waals surface area contributed by atoms with E-state index < -0.39 is 0 Å². The number of nitrogens with zero attached hydrogens (tertiary/aromatic N) is 1. The molecule has 3 amide bonds. The van der Waals surface area contributed by atoms with Gasteiger partial charge in [0, 0.05) is 28.6 Å². The molecule has 5 nitrogen and oxygen atoms in total. The molecule has 2 aromatic rings. The third-order valence-electron chi connectivity index (χ3n) is 3.95. The summed E-state index contributed by atoms with van der Waals surface area (Å²) in [6, 6.07) is 14.2. The number of hydrogen-bond acceptors (Lipinski definition) is 3. The van der Waals surface area contributed by atoms with Crippen LogP contribution in [0.3, 0.4) is 0 Å². The number of urea groups is 1. The first-order chi connectivity index (χ1) is 12.1. The van der Waals surface area contributed by atoms with E-state index in [9.17, 15) is 9.59 Å². The van der Waals surface area contributed by atoms with Crippen molar-refractivity contribution in [1.29, 1.82) is 0 Å². The van der Waals surface area contributed by atoms with Crippen molar-refractivity contribution in [3.8, 4) is 0 Å². The van der Waals surface area contributed by atoms with Gasteiger partial charge in [-0.1, -0.05) is 23.7 Å². The summed E-state index contributed by atoms with van der Waals surface area (Å²) in [6.07, 6.45) is 2.23. The van der Waals surface area contributed by atoms with Crippen molar-refractivity contribution < 1.29 is 9.59 Å². The number of thioether (sulfide) groups is 1. The summed E-state index contributed by atoms with van der Waals surface area (Å²) in [6.45, 7) is 0.443. The Morgan fingerprint density at radius 3 is 2.64 bits per heavy atom. The highest BCUT2D eigenvalue weighted by Crippen LogP contribution is 2.25. The Labute approximate surface area is 155 Å². The van der Waals surface area contributed by atoms with Crippen molar-refractivity contribution in [1.82, 2.24) is 5.32 Å². The lowest BCUT2D eigenvalue weighted by atomic mass is 10.2. The third-order valence-corrected chi connectivity index (χ3v) is 5.00. The van der Waals surface area contributed by atoms with Gasteiger partial charge in [0.15, 0.2) is 0 Å². The van der Waals surface area contributed by atoms with Crippen LogP contribution < -0.4 is 15.5 Å². The van der Waals surface area contributed by atoms with Gasteiger partial charge in [-0.2, -0.15) is 0 Å². The lowest BCUT2D eigenvalue weighted by Gasteiger charge is -2.18. The van der Waals surface area contributed by atoms with Gasteiger partial charge in [0.05, 0.1) is 11.7 Å². The van der Waals surface area contributed by atoms with Gasteiger partial charge in [0.1, 0.15) is 0 Å². The maximum absolute atomic E-state index is 12.3. The zero-order chi connectivity index (χ0) is 17.8. The van der Waals surface area contributed by atoms with E-state index in [1.54, 1.807) is 40.9 Å². The molecule has 0 bridgehead atoms. The first-order valence-corrected chi connectivity index (χ1v) is 9.43. The van der Waals surface area contributed by atoms with Crippen LogP contribution in [-0.4, -0.2) is 30.8 Å². The molecule has 0 aromatic heterocycles. The molecule has 3 rings (SSSR count). The monoisotopic (exact) mass is 375 g/mol. The average Bonchev–Trinajstić information content (AvgIpc) is 2.96. The van der Waals surface area contributed by atoms with Crippen LogP contribution in [0.1, 0.15) is 6.42 Å². The van der Waals surface area contributed by atoms with Crippen molar-refractivity contribution in [2.24, 2.45) is 0 Å². The quantitative estimate of drug-likeness (QED) is 0.794. The predicted octanol–water partition coefficient (Wildman–Crippen LogP) is 3.99. The molecule has 1 fully saturated rings. The molecular formula is C18H18ClN3O2S. The number of halogens is 1. The van der Waals surface area contributed by atoms with Gasteiger partial charge in [-0.3, -0.25) is 4.79 Å². The number of rotatable bonds is 4. The molecule has 0 aliphatic carbocycles. The normalized spacial score (nSPS) is 16.8. The van der Waals surface area contributed by atoms with Gasteiger partial charge in [-0.15, -0.1) is 11.8 Å². The van der Waals surface area contributed by atoms with Gasteiger partial charge < -0.3 is 15.5 Å². The minimum atomic E-state index is -0.308. The molecular weight excluding hydrogens is 358 g/mol. The molecule has 1 aliphatic heterocycles. The zero-order valence-electron chi connectivity index (χ0n) is 13.7. The summed E-state index contributed by atoms with van der Waals surface area (Å²) in [5, 5.41) is 6.34. The molecule has 2 N–H and O–H groups in total. The fourth-order valence-electron chi connectivity index (χ4n) is 2.77. The summed E-state index contributed by atoms with van der Waals surface area (Å²) in [5.74, 6) is -0.0165. The number of carbonyl (C=O) groups is 2. The van der Waals surface area contributed by atoms with Gasteiger partial charge >= 0.3 is 6.03 Å². The number of carbonyl (C=O) groups excluding carboxylic acids is 2. The van der Waals surface area contributed by atoms with Crippen LogP contribution in [0.15, 0.2) is 53.4 Å². The lowest BCUT2D eigenvalue weighted by Crippen LogP contribution is -2.39. The molecule has 2 aromatic carbocycles. The Morgan fingerprint density at radius 2 is 1.92 bits per heavy atom. The second-order valence-electron chi connectivity index (χ2n) is 5.68. The second kappa shape index (κ2) is 7.80. The molecule has 0 saturated carbocycles. The Morgan fingerprint density at radius 1 is 1.20 bits per heavy atom. The van der Waals surface area contributed by atoms with E-state index in [0.29, 0.717) is 11.6 Å². The van der Waals surface area contributed by atoms with Crippen molar-refractivity contribution in [2.75, 3.05) is 23.0 Å². The van der Waals surface area contributed by atoms with Crippen molar-refractivity contribution in [2.45, 2.75) is 17.4 Å². The second-order valence-corrected chi connectivity index (χ2v) is 6.97. The van der Waals surface area contributed by atoms with Crippen LogP contribution in [-0.2, 0) is 4.79 Å². The highest BCUT2D eigenvalue weighted by molar-refractivity contribution is 7.98. The number of benzene rings is 2. The standard InChI is InChI=1S/C18H18ClN3O2S/c1-25-16-5-3-2-4-15(16)21-18(24)20-13-10-17(23)22(11-13)14-8-6-12(19)7-9-14/h2-9,13H,10-11H2,1H3,(H2,20,21,24)/t13-/m1/s1. The molecule has 1 aliphatic rings. The fraction of sp³-hybridized carbons (Fsp3) is 0.222. The zero-order valence-corrected chi connectivity index (χ0v) is 15.2. The van der Waals surface area contributed by atoms with Gasteiger partial charge in [-0.05, 0) is 42.7 Å². The summed E-state index contributed by atoms with van der Waals surface area (Å²) < 4.78 is 0. The molecule has 1 heterocycles. The SMILES string of the molecule is CSc1ccccc1NC(=O)N[C@@H]1CC(=O)N(c2ccc(Cl)cc2)C1. The van der Waals surface area contributed by atoms with E-state index in [1.165, 1.54) is 0 Å². The summed E-state index contributed by atoms with van der Waals surface area (Å²) in [7, 11) is 0. The first-order valence-electron chi connectivity index (χ1n) is 7.83. The van der Waals surface area contributed by atoms with E-state index in [4.69, 9.17) is 11.6 Å². The molecule has 0 radical (unpaired) electrons. The van der Waals surface area contributed by atoms with Crippen LogP contribution >= 0.6 is 23.4 Å². The minimum Gasteiger partial charge on any atom is -0.333 e. The van der Waals surface area contributed by atoms with Crippen LogP contribution in [0.4, 0.5) is 16.2 Å². The summed E-state index contributed by atoms with van der Waals surface area (Å²) >= 11 is 7.45. The molecule has 7 heteroatoms. The fourth-order valence-corrected chi connectivity index (χ4v) is 3.45. The summed E-state index contributed by atoms with van der Waals surface area (Å²) in [4.78, 5) is 27.1. The molecule has 130 valence electrons. The molecule has 25 heavy (non-hydrogen) atoms. The van der Waals surface area contributed by atoms with E-state index in [2.05, 4.69) is 10.6 Å². The minimum absolute atomic E-state index is 0.0165. The van der Waals surface area contributed by atoms with E-state index in [0.717, 1.165) is 16.3 Å². The van der Waals surface area contributed by atoms with Gasteiger partial charge in [0.2, 0.25) is 5.91 Å². The van der Waals surface area contributed by atoms with Gasteiger partial charge in [-0.25, -0.2) is 4.79 Å². The maximum atomic E-state index is 12.3. The topological polar surface area (TPSA) is 61.4 Å². The maximum Gasteiger partial charge on any atom is 0.319 e. The summed E-state index contributed by atoms with van der Waals surface area (Å²) in [5.41, 5.74) is 1.54. The van der Waals surface area contributed by atoms with Crippen LogP contribution in [0.5, 0.6) is 0 Å². The van der Waals surface area contributed by atoms with E-state index in [-0.39, 0.29) is 24.4 Å². The van der Waals surface area contributed by atoms with Crippen LogP contribution in [0.25, 0.3) is 0 Å². The smallest absolute Gasteiger partial charge is 0.319 e. The number of anilines is 2. The highest BCUT2D eigenvalue weighted by Gasteiger charge is 2.31. The third kappa shape index (κ3) is 4.27. The Balaban J connectivity index is 1.61. The van der Waals surface area contributed by atoms with Crippen molar-refractivity contribution in [3.05, 3.63) is 53.6 Å². The number of amides is 3. The van der Waals surface area contributed by atoms with Crippen LogP contribution in [0, 0.1) is 0 Å². The largest absolute Gasteiger partial charge is 0.333 e. The first kappa shape index (κ1) is 17.6. The highest BCUT2D eigenvalue weighted by atomic mass is 35.5. The molecule has 1 saturated heterocycles. The molecule has 1 atom stereocenters. The Hall–Kier alpha value is -2.18. The average molecular weight is 376 g/mol. The van der Waals surface area contributed by atoms with Crippen molar-refractivity contribution >= 4 is 46.7 Å². The van der Waals surface area contributed by atoms with E-state index >= 15 is 0 Å². The van der Waals surface area contributed by atoms with Crippen molar-refractivity contribution in [3.63, 3.8) is 0 Å². The number of hydrogen-bond donors (Lipinski definition) is 2. The van der Waals surface area contributed by atoms with E-state index in [1.807, 2.05) is 30.5 Å².